The normalized spacial score (nSPS) is 18.6. The predicted octanol–water partition coefficient (Wildman–Crippen LogP) is 1.46. The van der Waals surface area contributed by atoms with E-state index in [1.807, 2.05) is 30.1 Å². The lowest BCUT2D eigenvalue weighted by atomic mass is 9.86. The average Bonchev–Trinajstić information content (AvgIpc) is 2.54. The van der Waals surface area contributed by atoms with Crippen LogP contribution in [0.2, 0.25) is 0 Å². The molecule has 1 fully saturated rings. The minimum absolute atomic E-state index is 0.189. The highest BCUT2D eigenvalue weighted by molar-refractivity contribution is 5.86. The van der Waals surface area contributed by atoms with Crippen molar-refractivity contribution >= 4 is 5.91 Å². The maximum atomic E-state index is 12.9. The van der Waals surface area contributed by atoms with Gasteiger partial charge in [0.15, 0.2) is 0 Å². The second-order valence-electron chi connectivity index (χ2n) is 5.25. The summed E-state index contributed by atoms with van der Waals surface area (Å²) in [7, 11) is 1.88. The molecule has 4 heteroatoms. The molecule has 1 N–H and O–H groups in total. The van der Waals surface area contributed by atoms with Gasteiger partial charge in [0.05, 0.1) is 13.2 Å². The monoisotopic (exact) mass is 276 g/mol. The molecule has 1 amide bonds. The number of carbonyl (C=O) groups excluding carboxylic acids is 1. The summed E-state index contributed by atoms with van der Waals surface area (Å²) < 4.78 is 5.33. The molecule has 1 atom stereocenters. The maximum Gasteiger partial charge on any atom is 0.243 e. The molecule has 1 aliphatic heterocycles. The maximum absolute atomic E-state index is 12.9. The lowest BCUT2D eigenvalue weighted by Gasteiger charge is -2.38. The van der Waals surface area contributed by atoms with E-state index in [0.717, 1.165) is 12.8 Å². The molecule has 4 nitrogen and oxygen atoms in total. The van der Waals surface area contributed by atoms with E-state index in [1.54, 1.807) is 0 Å². The third-order valence-electron chi connectivity index (χ3n) is 4.14. The van der Waals surface area contributed by atoms with Crippen LogP contribution in [0, 0.1) is 0 Å². The topological polar surface area (TPSA) is 41.6 Å². The average molecular weight is 276 g/mol. The van der Waals surface area contributed by atoms with Crippen molar-refractivity contribution in [1.82, 2.24) is 10.2 Å². The highest BCUT2D eigenvalue weighted by atomic mass is 16.5. The van der Waals surface area contributed by atoms with Gasteiger partial charge in [0.1, 0.15) is 5.54 Å². The van der Waals surface area contributed by atoms with Crippen LogP contribution in [-0.2, 0) is 16.0 Å². The number of ether oxygens (including phenoxy) is 1. The van der Waals surface area contributed by atoms with Gasteiger partial charge in [-0.05, 0) is 25.5 Å². The standard InChI is InChI=1S/C16H24N2O2/c1-3-16(17-2,13-14-7-5-4-6-8-14)15(19)18-9-11-20-12-10-18/h4-8,17H,3,9-13H2,1-2H3. The Kier molecular flexibility index (Phi) is 5.15. The highest BCUT2D eigenvalue weighted by Gasteiger charge is 2.38. The van der Waals surface area contributed by atoms with Gasteiger partial charge in [-0.25, -0.2) is 0 Å². The molecule has 2 rings (SSSR count). The molecule has 1 aliphatic rings. The molecular formula is C16H24N2O2. The lowest BCUT2D eigenvalue weighted by molar-refractivity contribution is -0.142. The second kappa shape index (κ2) is 6.86. The van der Waals surface area contributed by atoms with E-state index in [0.29, 0.717) is 26.3 Å². The van der Waals surface area contributed by atoms with Crippen molar-refractivity contribution in [2.75, 3.05) is 33.4 Å². The zero-order valence-corrected chi connectivity index (χ0v) is 12.4. The van der Waals surface area contributed by atoms with Gasteiger partial charge in [-0.2, -0.15) is 0 Å². The summed E-state index contributed by atoms with van der Waals surface area (Å²) in [6.07, 6.45) is 1.49. The number of rotatable bonds is 5. The number of morpholine rings is 1. The molecule has 1 aromatic carbocycles. The van der Waals surface area contributed by atoms with E-state index in [-0.39, 0.29) is 5.91 Å². The largest absolute Gasteiger partial charge is 0.378 e. The Balaban J connectivity index is 2.17. The quantitative estimate of drug-likeness (QED) is 0.885. The number of benzene rings is 1. The van der Waals surface area contributed by atoms with Crippen LogP contribution >= 0.6 is 0 Å². The first-order valence-electron chi connectivity index (χ1n) is 7.32. The van der Waals surface area contributed by atoms with E-state index in [9.17, 15) is 4.79 Å². The zero-order valence-electron chi connectivity index (χ0n) is 12.4. The Morgan fingerprint density at radius 3 is 2.50 bits per heavy atom. The van der Waals surface area contributed by atoms with Gasteiger partial charge in [0.2, 0.25) is 5.91 Å². The zero-order chi connectivity index (χ0) is 14.4. The molecule has 0 spiro atoms. The number of nitrogens with zero attached hydrogens (tertiary/aromatic N) is 1. The summed E-state index contributed by atoms with van der Waals surface area (Å²) in [6.45, 7) is 4.73. The summed E-state index contributed by atoms with van der Waals surface area (Å²) in [5.74, 6) is 0.189. The van der Waals surface area contributed by atoms with Crippen molar-refractivity contribution in [2.24, 2.45) is 0 Å². The summed E-state index contributed by atoms with van der Waals surface area (Å²) in [5, 5.41) is 3.28. The van der Waals surface area contributed by atoms with Crippen LogP contribution in [0.25, 0.3) is 0 Å². The van der Waals surface area contributed by atoms with Crippen molar-refractivity contribution in [3.63, 3.8) is 0 Å². The Hall–Kier alpha value is -1.39. The van der Waals surface area contributed by atoms with Gasteiger partial charge in [-0.3, -0.25) is 4.79 Å². The van der Waals surface area contributed by atoms with Crippen molar-refractivity contribution in [3.8, 4) is 0 Å². The molecule has 20 heavy (non-hydrogen) atoms. The molecule has 0 aromatic heterocycles. The van der Waals surface area contributed by atoms with Gasteiger partial charge in [0.25, 0.3) is 0 Å². The minimum Gasteiger partial charge on any atom is -0.378 e. The van der Waals surface area contributed by atoms with Crippen molar-refractivity contribution in [3.05, 3.63) is 35.9 Å². The Morgan fingerprint density at radius 1 is 1.30 bits per heavy atom. The molecule has 0 radical (unpaired) electrons. The molecule has 110 valence electrons. The number of carbonyl (C=O) groups is 1. The SMILES string of the molecule is CCC(Cc1ccccc1)(NC)C(=O)N1CCOCC1. The Morgan fingerprint density at radius 2 is 1.95 bits per heavy atom. The van der Waals surface area contributed by atoms with Crippen molar-refractivity contribution in [2.45, 2.75) is 25.3 Å². The second-order valence-corrected chi connectivity index (χ2v) is 5.25. The van der Waals surface area contributed by atoms with Gasteiger partial charge in [-0.15, -0.1) is 0 Å². The number of likely N-dealkylation sites (N-methyl/N-ethyl adjacent to an activating group) is 1. The third kappa shape index (κ3) is 3.19. The number of hydrogen-bond donors (Lipinski definition) is 1. The first-order chi connectivity index (χ1) is 9.72. The third-order valence-corrected chi connectivity index (χ3v) is 4.14. The van der Waals surface area contributed by atoms with Crippen LogP contribution in [-0.4, -0.2) is 49.7 Å². The smallest absolute Gasteiger partial charge is 0.243 e. The van der Waals surface area contributed by atoms with Crippen molar-refractivity contribution in [1.29, 1.82) is 0 Å². The Bertz CT molecular complexity index is 423. The Labute approximate surface area is 121 Å². The fraction of sp³-hybridized carbons (Fsp3) is 0.562. The molecule has 1 unspecified atom stereocenters. The molecule has 0 aliphatic carbocycles. The first kappa shape index (κ1) is 15.0. The summed E-state index contributed by atoms with van der Waals surface area (Å²) in [4.78, 5) is 14.8. The molecule has 1 aromatic rings. The van der Waals surface area contributed by atoms with Crippen molar-refractivity contribution < 1.29 is 9.53 Å². The fourth-order valence-electron chi connectivity index (χ4n) is 2.74. The highest BCUT2D eigenvalue weighted by Crippen LogP contribution is 2.21. The summed E-state index contributed by atoms with van der Waals surface area (Å²) in [5.41, 5.74) is 0.670. The van der Waals surface area contributed by atoms with Crippen LogP contribution in [0.15, 0.2) is 30.3 Å². The first-order valence-corrected chi connectivity index (χ1v) is 7.32. The van der Waals surface area contributed by atoms with Gasteiger partial charge < -0.3 is 15.0 Å². The van der Waals surface area contributed by atoms with Gasteiger partial charge in [0, 0.05) is 13.1 Å². The molecule has 1 heterocycles. The fourth-order valence-corrected chi connectivity index (χ4v) is 2.74. The molecule has 0 saturated carbocycles. The van der Waals surface area contributed by atoms with Crippen LogP contribution in [0.3, 0.4) is 0 Å². The summed E-state index contributed by atoms with van der Waals surface area (Å²) >= 11 is 0. The van der Waals surface area contributed by atoms with E-state index in [2.05, 4.69) is 24.4 Å². The molecule has 1 saturated heterocycles. The van der Waals surface area contributed by atoms with Crippen LogP contribution < -0.4 is 5.32 Å². The molecular weight excluding hydrogens is 252 g/mol. The number of nitrogens with one attached hydrogen (secondary N) is 1. The number of amides is 1. The van der Waals surface area contributed by atoms with E-state index in [4.69, 9.17) is 4.74 Å². The van der Waals surface area contributed by atoms with Crippen LogP contribution in [0.1, 0.15) is 18.9 Å². The van der Waals surface area contributed by atoms with Gasteiger partial charge in [-0.1, -0.05) is 37.3 Å². The van der Waals surface area contributed by atoms with Gasteiger partial charge >= 0.3 is 0 Å². The van der Waals surface area contributed by atoms with E-state index in [1.165, 1.54) is 5.56 Å². The van der Waals surface area contributed by atoms with Crippen LogP contribution in [0.4, 0.5) is 0 Å². The minimum atomic E-state index is -0.515. The predicted molar refractivity (Wildman–Crippen MR) is 79.6 cm³/mol. The molecule has 0 bridgehead atoms. The number of hydrogen-bond acceptors (Lipinski definition) is 3. The van der Waals surface area contributed by atoms with E-state index >= 15 is 0 Å². The summed E-state index contributed by atoms with van der Waals surface area (Å²) in [6, 6.07) is 10.2. The van der Waals surface area contributed by atoms with E-state index < -0.39 is 5.54 Å². The van der Waals surface area contributed by atoms with Crippen LogP contribution in [0.5, 0.6) is 0 Å². The lowest BCUT2D eigenvalue weighted by Crippen LogP contribution is -2.59.